The van der Waals surface area contributed by atoms with Crippen LogP contribution in [0.5, 0.6) is 0 Å². The molecule has 0 rings (SSSR count). The van der Waals surface area contributed by atoms with Gasteiger partial charge in [-0.1, -0.05) is 33.6 Å². The Kier molecular flexibility index (Phi) is 7.25. The molecule has 3 N–H and O–H groups in total. The first-order valence-electron chi connectivity index (χ1n) is 5.62. The fraction of sp³-hybridized carbons (Fsp3) is 0.909. The number of hydrogen-bond donors (Lipinski definition) is 2. The summed E-state index contributed by atoms with van der Waals surface area (Å²) in [4.78, 5) is 4.26. The summed E-state index contributed by atoms with van der Waals surface area (Å²) >= 11 is 0. The van der Waals surface area contributed by atoms with E-state index in [1.165, 1.54) is 12.8 Å². The quantitative estimate of drug-likeness (QED) is 0.508. The Morgan fingerprint density at radius 1 is 1.36 bits per heavy atom. The molecule has 3 heteroatoms. The van der Waals surface area contributed by atoms with Crippen LogP contribution in [-0.2, 0) is 0 Å². The number of guanidine groups is 1. The maximum atomic E-state index is 5.73. The van der Waals surface area contributed by atoms with Gasteiger partial charge in [0.1, 0.15) is 0 Å². The number of rotatable bonds is 6. The molecular weight excluding hydrogens is 174 g/mol. The normalized spacial score (nSPS) is 14.5. The Morgan fingerprint density at radius 3 is 2.50 bits per heavy atom. The zero-order valence-electron chi connectivity index (χ0n) is 10.0. The second-order valence-corrected chi connectivity index (χ2v) is 4.31. The van der Waals surface area contributed by atoms with Gasteiger partial charge in [0, 0.05) is 12.6 Å². The minimum atomic E-state index is 0.436. The van der Waals surface area contributed by atoms with Crippen molar-refractivity contribution in [3.8, 4) is 0 Å². The monoisotopic (exact) mass is 199 g/mol. The molecule has 0 heterocycles. The third-order valence-corrected chi connectivity index (χ3v) is 2.01. The molecule has 0 aromatic rings. The van der Waals surface area contributed by atoms with E-state index < -0.39 is 0 Å². The molecule has 0 bridgehead atoms. The number of unbranched alkanes of at least 4 members (excludes halogenated alkanes) is 1. The van der Waals surface area contributed by atoms with Crippen molar-refractivity contribution in [1.29, 1.82) is 0 Å². The molecule has 0 radical (unpaired) electrons. The Hall–Kier alpha value is -0.730. The van der Waals surface area contributed by atoms with Crippen LogP contribution in [0, 0.1) is 5.92 Å². The van der Waals surface area contributed by atoms with Gasteiger partial charge in [-0.3, -0.25) is 4.99 Å². The molecule has 0 aromatic heterocycles. The topological polar surface area (TPSA) is 50.4 Å². The number of nitrogens with zero attached hydrogens (tertiary/aromatic N) is 1. The van der Waals surface area contributed by atoms with Gasteiger partial charge in [0.05, 0.1) is 0 Å². The van der Waals surface area contributed by atoms with E-state index in [9.17, 15) is 0 Å². The fourth-order valence-electron chi connectivity index (χ4n) is 1.16. The van der Waals surface area contributed by atoms with Gasteiger partial charge in [0.25, 0.3) is 0 Å². The van der Waals surface area contributed by atoms with Crippen molar-refractivity contribution in [2.24, 2.45) is 16.6 Å². The Balaban J connectivity index is 3.68. The zero-order valence-corrected chi connectivity index (χ0v) is 10.0. The third-order valence-electron chi connectivity index (χ3n) is 2.01. The van der Waals surface area contributed by atoms with E-state index in [0.29, 0.717) is 17.9 Å². The maximum Gasteiger partial charge on any atom is 0.188 e. The lowest BCUT2D eigenvalue weighted by Crippen LogP contribution is -2.38. The molecule has 0 aliphatic heterocycles. The van der Waals surface area contributed by atoms with E-state index in [0.717, 1.165) is 13.0 Å². The summed E-state index contributed by atoms with van der Waals surface area (Å²) in [6.45, 7) is 9.42. The molecule has 0 amide bonds. The van der Waals surface area contributed by atoms with Gasteiger partial charge in [-0.25, -0.2) is 0 Å². The summed E-state index contributed by atoms with van der Waals surface area (Å²) in [7, 11) is 0. The van der Waals surface area contributed by atoms with Crippen molar-refractivity contribution < 1.29 is 0 Å². The first kappa shape index (κ1) is 13.3. The van der Waals surface area contributed by atoms with E-state index in [4.69, 9.17) is 5.73 Å². The van der Waals surface area contributed by atoms with Crippen LogP contribution in [-0.4, -0.2) is 18.5 Å². The van der Waals surface area contributed by atoms with Crippen molar-refractivity contribution in [1.82, 2.24) is 5.32 Å². The Bertz CT molecular complexity index is 164. The predicted molar refractivity (Wildman–Crippen MR) is 63.5 cm³/mol. The molecule has 84 valence electrons. The second-order valence-electron chi connectivity index (χ2n) is 4.31. The summed E-state index contributed by atoms with van der Waals surface area (Å²) in [6, 6.07) is 0.436. The molecule has 0 spiro atoms. The molecule has 0 aliphatic rings. The van der Waals surface area contributed by atoms with Crippen LogP contribution in [0.4, 0.5) is 0 Å². The SMILES string of the molecule is CCCCC(C)NC(N)=NCC(C)C. The highest BCUT2D eigenvalue weighted by atomic mass is 15.1. The molecule has 1 atom stereocenters. The van der Waals surface area contributed by atoms with Crippen LogP contribution in [0.25, 0.3) is 0 Å². The minimum absolute atomic E-state index is 0.436. The van der Waals surface area contributed by atoms with Gasteiger partial charge in [0.15, 0.2) is 5.96 Å². The van der Waals surface area contributed by atoms with Crippen LogP contribution in [0.1, 0.15) is 47.0 Å². The van der Waals surface area contributed by atoms with Gasteiger partial charge in [-0.15, -0.1) is 0 Å². The van der Waals surface area contributed by atoms with E-state index >= 15 is 0 Å². The van der Waals surface area contributed by atoms with Crippen molar-refractivity contribution in [2.45, 2.75) is 53.0 Å². The second kappa shape index (κ2) is 7.65. The lowest BCUT2D eigenvalue weighted by atomic mass is 10.1. The van der Waals surface area contributed by atoms with Gasteiger partial charge in [-0.2, -0.15) is 0 Å². The minimum Gasteiger partial charge on any atom is -0.370 e. The number of nitrogens with one attached hydrogen (secondary N) is 1. The average molecular weight is 199 g/mol. The molecule has 0 aliphatic carbocycles. The highest BCUT2D eigenvalue weighted by Crippen LogP contribution is 1.99. The summed E-state index contributed by atoms with van der Waals surface area (Å²) in [5, 5.41) is 3.20. The molecule has 0 aromatic carbocycles. The largest absolute Gasteiger partial charge is 0.370 e. The smallest absolute Gasteiger partial charge is 0.188 e. The first-order chi connectivity index (χ1) is 6.56. The average Bonchev–Trinajstić information content (AvgIpc) is 2.11. The number of hydrogen-bond acceptors (Lipinski definition) is 1. The van der Waals surface area contributed by atoms with Crippen LogP contribution >= 0.6 is 0 Å². The molecular formula is C11H25N3. The lowest BCUT2D eigenvalue weighted by molar-refractivity contribution is 0.565. The molecule has 0 fully saturated rings. The Morgan fingerprint density at radius 2 is 2.00 bits per heavy atom. The van der Waals surface area contributed by atoms with Crippen molar-refractivity contribution in [3.63, 3.8) is 0 Å². The Labute approximate surface area is 88.2 Å². The number of nitrogens with two attached hydrogens (primary N) is 1. The van der Waals surface area contributed by atoms with Crippen molar-refractivity contribution >= 4 is 5.96 Å². The van der Waals surface area contributed by atoms with Gasteiger partial charge in [-0.05, 0) is 19.3 Å². The summed E-state index contributed by atoms with van der Waals surface area (Å²) < 4.78 is 0. The summed E-state index contributed by atoms with van der Waals surface area (Å²) in [6.07, 6.45) is 3.63. The zero-order chi connectivity index (χ0) is 11.0. The first-order valence-corrected chi connectivity index (χ1v) is 5.62. The third kappa shape index (κ3) is 7.90. The summed E-state index contributed by atoms with van der Waals surface area (Å²) in [5.41, 5.74) is 5.73. The predicted octanol–water partition coefficient (Wildman–Crippen LogP) is 2.13. The van der Waals surface area contributed by atoms with Crippen LogP contribution < -0.4 is 11.1 Å². The van der Waals surface area contributed by atoms with E-state index in [1.54, 1.807) is 0 Å². The van der Waals surface area contributed by atoms with E-state index in [2.05, 4.69) is 38.0 Å². The standard InChI is InChI=1S/C11H25N3/c1-5-6-7-10(4)14-11(12)13-8-9(2)3/h9-10H,5-8H2,1-4H3,(H3,12,13,14). The summed E-state index contributed by atoms with van der Waals surface area (Å²) in [5.74, 6) is 1.16. The molecule has 0 saturated heterocycles. The van der Waals surface area contributed by atoms with Gasteiger partial charge in [0.2, 0.25) is 0 Å². The van der Waals surface area contributed by atoms with Crippen molar-refractivity contribution in [3.05, 3.63) is 0 Å². The highest BCUT2D eigenvalue weighted by Gasteiger charge is 2.01. The molecule has 14 heavy (non-hydrogen) atoms. The fourth-order valence-corrected chi connectivity index (χ4v) is 1.16. The highest BCUT2D eigenvalue weighted by molar-refractivity contribution is 5.78. The van der Waals surface area contributed by atoms with E-state index in [1.807, 2.05) is 0 Å². The molecule has 0 saturated carbocycles. The lowest BCUT2D eigenvalue weighted by Gasteiger charge is -2.14. The number of aliphatic imine (C=N–C) groups is 1. The van der Waals surface area contributed by atoms with Gasteiger partial charge < -0.3 is 11.1 Å². The van der Waals surface area contributed by atoms with Gasteiger partial charge >= 0.3 is 0 Å². The maximum absolute atomic E-state index is 5.73. The van der Waals surface area contributed by atoms with Crippen LogP contribution in [0.2, 0.25) is 0 Å². The van der Waals surface area contributed by atoms with Crippen LogP contribution in [0.15, 0.2) is 4.99 Å². The molecule has 3 nitrogen and oxygen atoms in total. The van der Waals surface area contributed by atoms with Crippen molar-refractivity contribution in [2.75, 3.05) is 6.54 Å². The van der Waals surface area contributed by atoms with Crippen LogP contribution in [0.3, 0.4) is 0 Å². The molecule has 1 unspecified atom stereocenters. The van der Waals surface area contributed by atoms with E-state index in [-0.39, 0.29) is 0 Å².